The summed E-state index contributed by atoms with van der Waals surface area (Å²) in [6, 6.07) is 10.5. The molecular weight excluding hydrogens is 470 g/mol. The molecule has 2 amide bonds. The molecule has 8 heteroatoms. The Morgan fingerprint density at radius 2 is 1.57 bits per heavy atom. The highest BCUT2D eigenvalue weighted by atomic mass is 16.5. The first kappa shape index (κ1) is 28.3. The van der Waals surface area contributed by atoms with Gasteiger partial charge >= 0.3 is 0 Å². The number of nitrogens with one attached hydrogen (secondary N) is 1. The zero-order valence-corrected chi connectivity index (χ0v) is 23.0. The number of rotatable bonds is 13. The first-order valence-corrected chi connectivity index (χ1v) is 13.1. The van der Waals surface area contributed by atoms with E-state index in [9.17, 15) is 9.59 Å². The summed E-state index contributed by atoms with van der Waals surface area (Å²) in [6.07, 6.45) is 3.08. The summed E-state index contributed by atoms with van der Waals surface area (Å²) >= 11 is 0. The van der Waals surface area contributed by atoms with E-state index in [2.05, 4.69) is 24.1 Å². The second kappa shape index (κ2) is 13.3. The lowest BCUT2D eigenvalue weighted by molar-refractivity contribution is -0.124. The number of hydrogen-bond donors (Lipinski definition) is 1. The third-order valence-electron chi connectivity index (χ3n) is 6.94. The Balaban J connectivity index is 1.94. The summed E-state index contributed by atoms with van der Waals surface area (Å²) in [4.78, 5) is 31.4. The van der Waals surface area contributed by atoms with Gasteiger partial charge in [0.05, 0.1) is 33.3 Å². The van der Waals surface area contributed by atoms with Crippen LogP contribution in [-0.2, 0) is 4.79 Å². The Hall–Kier alpha value is -3.26. The maximum Gasteiger partial charge on any atom is 0.254 e. The van der Waals surface area contributed by atoms with E-state index in [1.807, 2.05) is 24.3 Å². The fourth-order valence-corrected chi connectivity index (χ4v) is 5.14. The largest absolute Gasteiger partial charge is 0.497 e. The van der Waals surface area contributed by atoms with Crippen LogP contribution in [0.15, 0.2) is 36.4 Å². The monoisotopic (exact) mass is 511 g/mol. The van der Waals surface area contributed by atoms with Crippen molar-refractivity contribution >= 4 is 11.8 Å². The van der Waals surface area contributed by atoms with Crippen LogP contribution in [0.5, 0.6) is 17.2 Å². The van der Waals surface area contributed by atoms with Crippen molar-refractivity contribution in [3.63, 3.8) is 0 Å². The lowest BCUT2D eigenvalue weighted by atomic mass is 9.79. The molecule has 2 unspecified atom stereocenters. The average molecular weight is 512 g/mol. The van der Waals surface area contributed by atoms with Crippen LogP contribution in [0.25, 0.3) is 0 Å². The van der Waals surface area contributed by atoms with E-state index in [0.717, 1.165) is 44.5 Å². The smallest absolute Gasteiger partial charge is 0.254 e. The van der Waals surface area contributed by atoms with Gasteiger partial charge in [0.25, 0.3) is 5.91 Å². The van der Waals surface area contributed by atoms with Crippen LogP contribution in [0.1, 0.15) is 66.6 Å². The van der Waals surface area contributed by atoms with Gasteiger partial charge in [0.15, 0.2) is 11.5 Å². The molecule has 1 aliphatic rings. The van der Waals surface area contributed by atoms with Crippen LogP contribution < -0.4 is 19.5 Å². The predicted octanol–water partition coefficient (Wildman–Crippen LogP) is 4.25. The number of amides is 2. The van der Waals surface area contributed by atoms with Crippen molar-refractivity contribution in [2.24, 2.45) is 0 Å². The maximum absolute atomic E-state index is 13.8. The van der Waals surface area contributed by atoms with Crippen LogP contribution in [0.4, 0.5) is 0 Å². The van der Waals surface area contributed by atoms with Gasteiger partial charge in [0.2, 0.25) is 5.91 Å². The zero-order valence-electron chi connectivity index (χ0n) is 23.0. The Kier molecular flexibility index (Phi) is 10.2. The van der Waals surface area contributed by atoms with E-state index >= 15 is 0 Å². The molecule has 0 fully saturated rings. The summed E-state index contributed by atoms with van der Waals surface area (Å²) in [5.41, 5.74) is 1.94. The Morgan fingerprint density at radius 3 is 2.14 bits per heavy atom. The number of carbonyl (C=O) groups is 2. The Labute approximate surface area is 220 Å². The maximum atomic E-state index is 13.8. The molecular formula is C29H41N3O5. The first-order chi connectivity index (χ1) is 17.9. The van der Waals surface area contributed by atoms with Crippen molar-refractivity contribution in [2.75, 3.05) is 54.6 Å². The molecule has 0 spiro atoms. The van der Waals surface area contributed by atoms with Crippen molar-refractivity contribution in [2.45, 2.75) is 45.1 Å². The quantitative estimate of drug-likeness (QED) is 0.405. The van der Waals surface area contributed by atoms with Crippen LogP contribution >= 0.6 is 0 Å². The highest BCUT2D eigenvalue weighted by Gasteiger charge is 2.43. The highest BCUT2D eigenvalue weighted by Crippen LogP contribution is 2.45. The second-order valence-corrected chi connectivity index (χ2v) is 9.39. The van der Waals surface area contributed by atoms with Crippen molar-refractivity contribution < 1.29 is 23.8 Å². The summed E-state index contributed by atoms with van der Waals surface area (Å²) in [7, 11) is 6.44. The normalized spacial score (nSPS) is 16.9. The van der Waals surface area contributed by atoms with E-state index in [-0.39, 0.29) is 11.8 Å². The summed E-state index contributed by atoms with van der Waals surface area (Å²) in [5, 5.41) is 3.16. The van der Waals surface area contributed by atoms with Gasteiger partial charge in [-0.2, -0.15) is 0 Å². The Bertz CT molecular complexity index is 1050. The minimum Gasteiger partial charge on any atom is -0.497 e. The predicted molar refractivity (Wildman–Crippen MR) is 145 cm³/mol. The molecule has 2 aromatic carbocycles. The van der Waals surface area contributed by atoms with Crippen molar-refractivity contribution in [1.82, 2.24) is 15.1 Å². The minimum absolute atomic E-state index is 0.119. The molecule has 0 bridgehead atoms. The minimum atomic E-state index is -0.617. The molecule has 2 aromatic rings. The fourth-order valence-electron chi connectivity index (χ4n) is 5.14. The molecule has 0 saturated heterocycles. The van der Waals surface area contributed by atoms with Gasteiger partial charge in [-0.3, -0.25) is 9.59 Å². The molecule has 0 aromatic heterocycles. The summed E-state index contributed by atoms with van der Waals surface area (Å²) in [6.45, 7) is 8.00. The number of likely N-dealkylation sites (N-methyl/N-ethyl adjacent to an activating group) is 1. The Morgan fingerprint density at radius 1 is 0.946 bits per heavy atom. The van der Waals surface area contributed by atoms with Gasteiger partial charge in [-0.1, -0.05) is 26.0 Å². The lowest BCUT2D eigenvalue weighted by Crippen LogP contribution is -2.46. The SMILES string of the molecule is CCCN(CCC)CCCNC(=O)C1c2cc(OC)c(OC)cc2C(=O)N(C)C1c1ccc(OC)cc1. The van der Waals surface area contributed by atoms with Crippen molar-refractivity contribution in [3.8, 4) is 17.2 Å². The molecule has 8 nitrogen and oxygen atoms in total. The third kappa shape index (κ3) is 6.36. The van der Waals surface area contributed by atoms with Crippen LogP contribution in [0.2, 0.25) is 0 Å². The number of ether oxygens (including phenoxy) is 3. The average Bonchev–Trinajstić information content (AvgIpc) is 2.92. The molecule has 202 valence electrons. The number of nitrogens with zero attached hydrogens (tertiary/aromatic N) is 2. The molecule has 1 heterocycles. The highest BCUT2D eigenvalue weighted by molar-refractivity contribution is 6.02. The molecule has 1 aliphatic heterocycles. The van der Waals surface area contributed by atoms with E-state index in [0.29, 0.717) is 34.9 Å². The fraction of sp³-hybridized carbons (Fsp3) is 0.517. The molecule has 0 saturated carbocycles. The van der Waals surface area contributed by atoms with Gasteiger partial charge in [0.1, 0.15) is 5.75 Å². The molecule has 37 heavy (non-hydrogen) atoms. The topological polar surface area (TPSA) is 80.3 Å². The summed E-state index contributed by atoms with van der Waals surface area (Å²) < 4.78 is 16.3. The zero-order chi connectivity index (χ0) is 26.9. The van der Waals surface area contributed by atoms with E-state index < -0.39 is 12.0 Å². The number of fused-ring (bicyclic) bond motifs is 1. The van der Waals surface area contributed by atoms with Gasteiger partial charge in [-0.25, -0.2) is 0 Å². The van der Waals surface area contributed by atoms with Gasteiger partial charge in [0, 0.05) is 19.2 Å². The van der Waals surface area contributed by atoms with E-state index in [4.69, 9.17) is 14.2 Å². The van der Waals surface area contributed by atoms with Gasteiger partial charge < -0.3 is 29.3 Å². The van der Waals surface area contributed by atoms with Crippen LogP contribution in [0.3, 0.4) is 0 Å². The number of carbonyl (C=O) groups excluding carboxylic acids is 2. The second-order valence-electron chi connectivity index (χ2n) is 9.39. The van der Waals surface area contributed by atoms with Gasteiger partial charge in [-0.15, -0.1) is 0 Å². The molecule has 0 aliphatic carbocycles. The molecule has 0 radical (unpaired) electrons. The first-order valence-electron chi connectivity index (χ1n) is 13.1. The molecule has 3 rings (SSSR count). The van der Waals surface area contributed by atoms with Crippen molar-refractivity contribution in [3.05, 3.63) is 53.1 Å². The van der Waals surface area contributed by atoms with Crippen molar-refractivity contribution in [1.29, 1.82) is 0 Å². The molecule has 1 N–H and O–H groups in total. The lowest BCUT2D eigenvalue weighted by Gasteiger charge is -2.40. The van der Waals surface area contributed by atoms with Crippen LogP contribution in [0, 0.1) is 0 Å². The number of benzene rings is 2. The molecule has 2 atom stereocenters. The number of hydrogen-bond acceptors (Lipinski definition) is 6. The third-order valence-corrected chi connectivity index (χ3v) is 6.94. The standard InChI is InChI=1S/C29H41N3O5/c1-7-15-32(16-8-2)17-9-14-30-28(33)26-22-18-24(36-5)25(37-6)19-23(22)29(34)31(3)27(26)20-10-12-21(35-4)13-11-20/h10-13,18-19,26-27H,7-9,14-17H2,1-6H3,(H,30,33). The van der Waals surface area contributed by atoms with E-state index in [1.54, 1.807) is 38.3 Å². The number of methoxy groups -OCH3 is 3. The van der Waals surface area contributed by atoms with Crippen LogP contribution in [-0.4, -0.2) is 76.2 Å². The van der Waals surface area contributed by atoms with E-state index in [1.165, 1.54) is 7.11 Å². The summed E-state index contributed by atoms with van der Waals surface area (Å²) in [5.74, 6) is 0.747. The van der Waals surface area contributed by atoms with Gasteiger partial charge in [-0.05, 0) is 74.3 Å².